The van der Waals surface area contributed by atoms with E-state index in [0.717, 1.165) is 34.6 Å². The Bertz CT molecular complexity index is 1080. The highest BCUT2D eigenvalue weighted by Crippen LogP contribution is 2.34. The van der Waals surface area contributed by atoms with Crippen molar-refractivity contribution >= 4 is 40.9 Å². The second kappa shape index (κ2) is 9.47. The van der Waals surface area contributed by atoms with Gasteiger partial charge in [0.25, 0.3) is 5.91 Å². The molecule has 0 aliphatic rings. The number of aliphatic carboxylic acids is 1. The fraction of sp³-hybridized carbons (Fsp3) is 0.300. The van der Waals surface area contributed by atoms with E-state index in [1.54, 1.807) is 12.1 Å². The van der Waals surface area contributed by atoms with Gasteiger partial charge in [0.2, 0.25) is 0 Å². The molecule has 2 heterocycles. The fourth-order valence-electron chi connectivity index (χ4n) is 2.97. The van der Waals surface area contributed by atoms with E-state index in [-0.39, 0.29) is 23.0 Å². The van der Waals surface area contributed by atoms with Crippen LogP contribution in [0, 0.1) is 6.92 Å². The van der Waals surface area contributed by atoms with Gasteiger partial charge < -0.3 is 30.2 Å². The third kappa shape index (κ3) is 5.12. The largest absolute Gasteiger partial charge is 0.505 e. The first-order chi connectivity index (χ1) is 14.8. The molecule has 31 heavy (non-hydrogen) atoms. The smallest absolute Gasteiger partial charge is 0.323 e. The first-order valence-electron chi connectivity index (χ1n) is 9.51. The summed E-state index contributed by atoms with van der Waals surface area (Å²) in [6, 6.07) is 8.25. The molecule has 4 N–H and O–H groups in total. The number of carboxylic acid groups (broad SMARTS) is 1. The number of carboxylic acids is 1. The van der Waals surface area contributed by atoms with Crippen LogP contribution in [0.1, 0.15) is 41.3 Å². The van der Waals surface area contributed by atoms with Gasteiger partial charge >= 0.3 is 5.97 Å². The molecule has 11 heteroatoms. The van der Waals surface area contributed by atoms with Crippen LogP contribution in [-0.2, 0) is 4.79 Å². The van der Waals surface area contributed by atoms with Crippen LogP contribution in [0.2, 0.25) is 0 Å². The summed E-state index contributed by atoms with van der Waals surface area (Å²) in [7, 11) is 1.35. The molecule has 10 nitrogen and oxygen atoms in total. The monoisotopic (exact) mass is 445 g/mol. The summed E-state index contributed by atoms with van der Waals surface area (Å²) in [6.07, 6.45) is 0.745. The number of aryl methyl sites for hydroxylation is 1. The zero-order chi connectivity index (χ0) is 22.5. The normalized spacial score (nSPS) is 11.7. The lowest BCUT2D eigenvalue weighted by molar-refractivity contribution is -0.137. The van der Waals surface area contributed by atoms with E-state index in [2.05, 4.69) is 19.4 Å². The van der Waals surface area contributed by atoms with Crippen molar-refractivity contribution in [2.45, 2.75) is 26.3 Å². The van der Waals surface area contributed by atoms with Crippen LogP contribution in [0.5, 0.6) is 5.75 Å². The molecule has 0 saturated heterocycles. The van der Waals surface area contributed by atoms with Crippen LogP contribution in [0.15, 0.2) is 34.7 Å². The minimum Gasteiger partial charge on any atom is -0.505 e. The third-order valence-electron chi connectivity index (χ3n) is 4.55. The predicted octanol–water partition coefficient (Wildman–Crippen LogP) is 3.61. The van der Waals surface area contributed by atoms with E-state index in [0.29, 0.717) is 11.6 Å². The number of nitrogens with zero attached hydrogens (tertiary/aromatic N) is 3. The molecule has 0 spiro atoms. The average molecular weight is 446 g/mol. The number of hydrogen-bond acceptors (Lipinski definition) is 9. The number of nitrogens with one attached hydrogen (secondary N) is 2. The zero-order valence-corrected chi connectivity index (χ0v) is 18.1. The van der Waals surface area contributed by atoms with Gasteiger partial charge in [0.1, 0.15) is 18.1 Å². The summed E-state index contributed by atoms with van der Waals surface area (Å²) < 4.78 is 14.2. The highest BCUT2D eigenvalue weighted by atomic mass is 32.1. The van der Waals surface area contributed by atoms with E-state index in [9.17, 15) is 14.7 Å². The van der Waals surface area contributed by atoms with Gasteiger partial charge in [-0.05, 0) is 37.6 Å². The summed E-state index contributed by atoms with van der Waals surface area (Å²) in [5.41, 5.74) is 0.219. The summed E-state index contributed by atoms with van der Waals surface area (Å²) in [5.74, 6) is 0.372. The van der Waals surface area contributed by atoms with Crippen molar-refractivity contribution in [1.82, 2.24) is 13.6 Å². The molecule has 1 atom stereocenters. The lowest BCUT2D eigenvalue weighted by Gasteiger charge is -2.17. The molecule has 1 aromatic carbocycles. The number of benzene rings is 1. The Morgan fingerprint density at radius 2 is 1.97 bits per heavy atom. The maximum atomic E-state index is 12.5. The predicted molar refractivity (Wildman–Crippen MR) is 116 cm³/mol. The third-order valence-corrected chi connectivity index (χ3v) is 5.08. The quantitative estimate of drug-likeness (QED) is 0.363. The summed E-state index contributed by atoms with van der Waals surface area (Å²) in [6.45, 7) is 3.40. The Balaban J connectivity index is 1.80. The highest BCUT2D eigenvalue weighted by Gasteiger charge is 2.22. The molecule has 3 rings (SSSR count). The van der Waals surface area contributed by atoms with Gasteiger partial charge in [-0.25, -0.2) is 0 Å². The number of phenols is 1. The number of para-hydroxylation sites is 1. The number of likely N-dealkylation sites (N-methyl/N-ethyl adjacent to an activating group) is 1. The number of phenolic OH excluding ortho intramolecular Hbond substituents is 1. The van der Waals surface area contributed by atoms with Crippen molar-refractivity contribution in [3.05, 3.63) is 47.4 Å². The molecule has 0 radical (unpaired) electrons. The van der Waals surface area contributed by atoms with Crippen LogP contribution < -0.4 is 10.6 Å². The van der Waals surface area contributed by atoms with Gasteiger partial charge in [-0.2, -0.15) is 8.75 Å². The van der Waals surface area contributed by atoms with Crippen LogP contribution in [0.25, 0.3) is 0 Å². The Morgan fingerprint density at radius 3 is 2.61 bits per heavy atom. The fourth-order valence-corrected chi connectivity index (χ4v) is 3.45. The number of anilines is 3. The van der Waals surface area contributed by atoms with Gasteiger partial charge in [0, 0.05) is 7.05 Å². The average Bonchev–Trinajstić information content (AvgIpc) is 3.35. The molecule has 0 fully saturated rings. The Morgan fingerprint density at radius 1 is 1.23 bits per heavy atom. The van der Waals surface area contributed by atoms with Crippen molar-refractivity contribution in [3.8, 4) is 5.75 Å². The molecule has 2 aromatic heterocycles. The minimum absolute atomic E-state index is 0.0241. The zero-order valence-electron chi connectivity index (χ0n) is 17.2. The van der Waals surface area contributed by atoms with Crippen LogP contribution in [-0.4, -0.2) is 49.3 Å². The number of amides is 1. The molecule has 1 unspecified atom stereocenters. The molecule has 0 aliphatic carbocycles. The van der Waals surface area contributed by atoms with E-state index in [4.69, 9.17) is 9.52 Å². The number of aromatic nitrogens is 2. The van der Waals surface area contributed by atoms with Gasteiger partial charge in [0.05, 0.1) is 29.0 Å². The topological polar surface area (TPSA) is 141 Å². The van der Waals surface area contributed by atoms with E-state index in [1.165, 1.54) is 13.1 Å². The molecule has 1 amide bonds. The lowest BCUT2D eigenvalue weighted by Crippen LogP contribution is -2.32. The van der Waals surface area contributed by atoms with Crippen molar-refractivity contribution in [3.63, 3.8) is 0 Å². The summed E-state index contributed by atoms with van der Waals surface area (Å²) in [4.78, 5) is 24.4. The van der Waals surface area contributed by atoms with E-state index < -0.39 is 18.4 Å². The highest BCUT2D eigenvalue weighted by molar-refractivity contribution is 6.99. The second-order valence-electron chi connectivity index (χ2n) is 6.90. The Hall–Kier alpha value is -3.60. The van der Waals surface area contributed by atoms with Gasteiger partial charge in [-0.1, -0.05) is 13.0 Å². The Kier molecular flexibility index (Phi) is 6.75. The van der Waals surface area contributed by atoms with Gasteiger partial charge in [0.15, 0.2) is 17.4 Å². The number of hydrogen-bond donors (Lipinski definition) is 4. The van der Waals surface area contributed by atoms with Crippen molar-refractivity contribution < 1.29 is 24.2 Å². The van der Waals surface area contributed by atoms with Crippen LogP contribution in [0.4, 0.5) is 17.3 Å². The van der Waals surface area contributed by atoms with E-state index >= 15 is 0 Å². The first kappa shape index (κ1) is 22.1. The standard InChI is InChI=1S/C20H23N5O5S/c1-4-13(15-9-8-11(2)30-15)21-18-19(24-31-23-18)22-14-7-5-6-12(17(14)28)20(29)25(3)10-16(26)27/h5-9,13,28H,4,10H2,1-3H3,(H,21,23)(H,22,24)(H,26,27). The van der Waals surface area contributed by atoms with Gasteiger partial charge in [-0.3, -0.25) is 9.59 Å². The van der Waals surface area contributed by atoms with Gasteiger partial charge in [-0.15, -0.1) is 0 Å². The number of aromatic hydroxyl groups is 1. The maximum Gasteiger partial charge on any atom is 0.323 e. The molecule has 164 valence electrons. The number of carbonyl (C=O) groups excluding carboxylic acids is 1. The molecule has 0 saturated carbocycles. The minimum atomic E-state index is -1.15. The molecule has 3 aromatic rings. The molecule has 0 bridgehead atoms. The summed E-state index contributed by atoms with van der Waals surface area (Å²) in [5, 5.41) is 25.8. The number of furan rings is 1. The lowest BCUT2D eigenvalue weighted by atomic mass is 10.1. The van der Waals surface area contributed by atoms with Crippen LogP contribution >= 0.6 is 11.7 Å². The Labute approximate surface area is 182 Å². The van der Waals surface area contributed by atoms with Crippen molar-refractivity contribution in [2.75, 3.05) is 24.2 Å². The SMILES string of the molecule is CCC(Nc1nsnc1Nc1cccc(C(=O)N(C)CC(=O)O)c1O)c1ccc(C)o1. The summed E-state index contributed by atoms with van der Waals surface area (Å²) >= 11 is 0.989. The number of rotatable bonds is 9. The first-order valence-corrected chi connectivity index (χ1v) is 10.2. The molecular weight excluding hydrogens is 422 g/mol. The van der Waals surface area contributed by atoms with Crippen molar-refractivity contribution in [1.29, 1.82) is 0 Å². The van der Waals surface area contributed by atoms with E-state index in [1.807, 2.05) is 26.0 Å². The second-order valence-corrected chi connectivity index (χ2v) is 7.43. The molecular formula is C20H23N5O5S. The van der Waals surface area contributed by atoms with Crippen LogP contribution in [0.3, 0.4) is 0 Å². The maximum absolute atomic E-state index is 12.5. The molecule has 0 aliphatic heterocycles. The number of carbonyl (C=O) groups is 2. The van der Waals surface area contributed by atoms with Crippen molar-refractivity contribution in [2.24, 2.45) is 0 Å².